The van der Waals surface area contributed by atoms with Crippen LogP contribution in [0.2, 0.25) is 0 Å². The number of carbonyl (C=O) groups excluding carboxylic acids is 3. The molecular weight excluding hydrogens is 436 g/mol. The molecule has 0 aromatic rings. The maximum atomic E-state index is 13.8. The van der Waals surface area contributed by atoms with Gasteiger partial charge in [0.15, 0.2) is 5.78 Å². The second-order valence-electron chi connectivity index (χ2n) is 10.4. The molecule has 0 aliphatic heterocycles. The molecular formula is C23H33BrO5. The minimum absolute atomic E-state index is 0.0259. The number of ketones is 1. The van der Waals surface area contributed by atoms with Gasteiger partial charge in [-0.2, -0.15) is 0 Å². The molecule has 0 aromatic heterocycles. The number of ether oxygens (including phenoxy) is 2. The van der Waals surface area contributed by atoms with Crippen LogP contribution in [0.4, 0.5) is 0 Å². The summed E-state index contributed by atoms with van der Waals surface area (Å²) in [5.74, 6) is 0.828. The monoisotopic (exact) mass is 468 g/mol. The van der Waals surface area contributed by atoms with Crippen molar-refractivity contribution in [2.45, 2.75) is 95.6 Å². The van der Waals surface area contributed by atoms with E-state index in [-0.39, 0.29) is 46.7 Å². The highest BCUT2D eigenvalue weighted by molar-refractivity contribution is 9.10. The SMILES string of the molecule is CC(=O)O[C@@H]1CC[C@]2(C)[C@@H](CC[C@@H]3[C@@H]4CC[C@H](OC(C)=O)[C@]4(C)CC(=O)[C@@]32Br)C1. The molecule has 29 heavy (non-hydrogen) atoms. The van der Waals surface area contributed by atoms with E-state index < -0.39 is 4.32 Å². The number of Topliss-reactive ketones (excluding diaryl/α,β-unsaturated/α-hetero) is 1. The van der Waals surface area contributed by atoms with Gasteiger partial charge in [-0.1, -0.05) is 29.8 Å². The fourth-order valence-corrected chi connectivity index (χ4v) is 8.84. The third-order valence-corrected chi connectivity index (χ3v) is 10.9. The van der Waals surface area contributed by atoms with Gasteiger partial charge in [-0.3, -0.25) is 14.4 Å². The summed E-state index contributed by atoms with van der Waals surface area (Å²) in [6.07, 6.45) is 6.75. The molecule has 5 nitrogen and oxygen atoms in total. The highest BCUT2D eigenvalue weighted by Crippen LogP contribution is 2.70. The smallest absolute Gasteiger partial charge is 0.302 e. The highest BCUT2D eigenvalue weighted by Gasteiger charge is 2.70. The molecule has 6 heteroatoms. The number of hydrogen-bond donors (Lipinski definition) is 0. The molecule has 4 saturated carbocycles. The Hall–Kier alpha value is -0.910. The molecule has 4 aliphatic rings. The van der Waals surface area contributed by atoms with Crippen LogP contribution < -0.4 is 0 Å². The zero-order chi connectivity index (χ0) is 21.2. The minimum atomic E-state index is -0.528. The van der Waals surface area contributed by atoms with Crippen LogP contribution in [-0.2, 0) is 23.9 Å². The standard InChI is InChI=1S/C23H33BrO5/c1-13(25)28-16-9-10-22(4)15(11-16)5-6-18-17-7-8-20(29-14(2)26)21(17,3)12-19(27)23(18,22)24/h15-18,20H,5-12H2,1-4H3/t15-,16+,17-,18+,20-,21+,22+,23-/m0/s1. The summed E-state index contributed by atoms with van der Waals surface area (Å²) >= 11 is 4.07. The van der Waals surface area contributed by atoms with E-state index >= 15 is 0 Å². The Morgan fingerprint density at radius 2 is 1.62 bits per heavy atom. The molecule has 0 amide bonds. The van der Waals surface area contributed by atoms with Gasteiger partial charge in [0.2, 0.25) is 0 Å². The molecule has 0 bridgehead atoms. The van der Waals surface area contributed by atoms with E-state index in [9.17, 15) is 14.4 Å². The first-order chi connectivity index (χ1) is 13.5. The summed E-state index contributed by atoms with van der Waals surface area (Å²) in [7, 11) is 0. The summed E-state index contributed by atoms with van der Waals surface area (Å²) in [6.45, 7) is 7.38. The fraction of sp³-hybridized carbons (Fsp3) is 0.870. The van der Waals surface area contributed by atoms with Crippen LogP contribution in [0.1, 0.15) is 79.1 Å². The molecule has 162 valence electrons. The molecule has 0 saturated heterocycles. The molecule has 0 N–H and O–H groups in total. The number of hydrogen-bond acceptors (Lipinski definition) is 5. The van der Waals surface area contributed by atoms with Crippen molar-refractivity contribution >= 4 is 33.7 Å². The fourth-order valence-electron chi connectivity index (χ4n) is 7.63. The third-order valence-electron chi connectivity index (χ3n) is 9.00. The number of carbonyl (C=O) groups is 3. The quantitative estimate of drug-likeness (QED) is 0.437. The van der Waals surface area contributed by atoms with Crippen molar-refractivity contribution < 1.29 is 23.9 Å². The maximum Gasteiger partial charge on any atom is 0.302 e. The van der Waals surface area contributed by atoms with Crippen molar-refractivity contribution in [1.82, 2.24) is 0 Å². The number of halogens is 1. The number of fused-ring (bicyclic) bond motifs is 5. The van der Waals surface area contributed by atoms with Crippen LogP contribution in [0.15, 0.2) is 0 Å². The van der Waals surface area contributed by atoms with Crippen LogP contribution in [0.25, 0.3) is 0 Å². The van der Waals surface area contributed by atoms with Gasteiger partial charge in [0.1, 0.15) is 12.2 Å². The lowest BCUT2D eigenvalue weighted by Gasteiger charge is -2.64. The van der Waals surface area contributed by atoms with Crippen LogP contribution in [0.5, 0.6) is 0 Å². The summed E-state index contributed by atoms with van der Waals surface area (Å²) in [4.78, 5) is 36.9. The topological polar surface area (TPSA) is 69.7 Å². The Balaban J connectivity index is 1.63. The van der Waals surface area contributed by atoms with Gasteiger partial charge in [0, 0.05) is 25.7 Å². The lowest BCUT2D eigenvalue weighted by Crippen LogP contribution is -2.67. The van der Waals surface area contributed by atoms with Gasteiger partial charge in [-0.15, -0.1) is 0 Å². The zero-order valence-electron chi connectivity index (χ0n) is 18.0. The van der Waals surface area contributed by atoms with Crippen molar-refractivity contribution in [1.29, 1.82) is 0 Å². The van der Waals surface area contributed by atoms with Gasteiger partial charge < -0.3 is 9.47 Å². The van der Waals surface area contributed by atoms with E-state index in [4.69, 9.17) is 9.47 Å². The molecule has 0 unspecified atom stereocenters. The third kappa shape index (κ3) is 3.02. The van der Waals surface area contributed by atoms with E-state index in [0.717, 1.165) is 44.9 Å². The molecule has 4 rings (SSSR count). The molecule has 0 heterocycles. The van der Waals surface area contributed by atoms with Crippen LogP contribution in [-0.4, -0.2) is 34.3 Å². The largest absolute Gasteiger partial charge is 0.463 e. The molecule has 0 spiro atoms. The molecule has 0 aromatic carbocycles. The maximum absolute atomic E-state index is 13.8. The number of rotatable bonds is 2. The second-order valence-corrected chi connectivity index (χ2v) is 11.7. The van der Waals surface area contributed by atoms with E-state index in [1.54, 1.807) is 0 Å². The Kier molecular flexibility index (Phi) is 5.20. The predicted molar refractivity (Wildman–Crippen MR) is 111 cm³/mol. The zero-order valence-corrected chi connectivity index (χ0v) is 19.5. The summed E-state index contributed by atoms with van der Waals surface area (Å²) in [6, 6.07) is 0. The Morgan fingerprint density at radius 3 is 2.28 bits per heavy atom. The molecule has 0 radical (unpaired) electrons. The van der Waals surface area contributed by atoms with Gasteiger partial charge in [-0.25, -0.2) is 0 Å². The Bertz CT molecular complexity index is 737. The van der Waals surface area contributed by atoms with Crippen molar-refractivity contribution in [2.75, 3.05) is 0 Å². The van der Waals surface area contributed by atoms with Crippen LogP contribution >= 0.6 is 15.9 Å². The van der Waals surface area contributed by atoms with Gasteiger partial charge in [0.25, 0.3) is 0 Å². The summed E-state index contributed by atoms with van der Waals surface area (Å²) in [5.41, 5.74) is -0.396. The van der Waals surface area contributed by atoms with Crippen molar-refractivity contribution in [2.24, 2.45) is 28.6 Å². The van der Waals surface area contributed by atoms with Crippen molar-refractivity contribution in [3.05, 3.63) is 0 Å². The molecule has 4 aliphatic carbocycles. The van der Waals surface area contributed by atoms with Crippen LogP contribution in [0, 0.1) is 28.6 Å². The second kappa shape index (κ2) is 7.06. The minimum Gasteiger partial charge on any atom is -0.463 e. The lowest BCUT2D eigenvalue weighted by molar-refractivity contribution is -0.169. The average Bonchev–Trinajstić information content (AvgIpc) is 2.92. The van der Waals surface area contributed by atoms with Gasteiger partial charge in [-0.05, 0) is 68.1 Å². The average molecular weight is 469 g/mol. The number of alkyl halides is 1. The number of esters is 2. The van der Waals surface area contributed by atoms with Crippen molar-refractivity contribution in [3.63, 3.8) is 0 Å². The Morgan fingerprint density at radius 1 is 0.966 bits per heavy atom. The highest BCUT2D eigenvalue weighted by atomic mass is 79.9. The lowest BCUT2D eigenvalue weighted by atomic mass is 9.44. The first kappa shape index (κ1) is 21.3. The van der Waals surface area contributed by atoms with E-state index in [1.807, 2.05) is 0 Å². The normalized spacial score (nSPS) is 48.9. The van der Waals surface area contributed by atoms with E-state index in [1.165, 1.54) is 13.8 Å². The predicted octanol–water partition coefficient (Wildman–Crippen LogP) is 4.59. The first-order valence-corrected chi connectivity index (χ1v) is 11.9. The van der Waals surface area contributed by atoms with Crippen molar-refractivity contribution in [3.8, 4) is 0 Å². The van der Waals surface area contributed by atoms with E-state index in [0.29, 0.717) is 18.3 Å². The summed E-state index contributed by atoms with van der Waals surface area (Å²) < 4.78 is 10.7. The molecule has 8 atom stereocenters. The Labute approximate surface area is 181 Å². The molecule has 4 fully saturated rings. The van der Waals surface area contributed by atoms with Gasteiger partial charge in [0.05, 0.1) is 4.32 Å². The van der Waals surface area contributed by atoms with Gasteiger partial charge >= 0.3 is 11.9 Å². The first-order valence-electron chi connectivity index (χ1n) is 11.1. The summed E-state index contributed by atoms with van der Waals surface area (Å²) in [5, 5.41) is 0. The van der Waals surface area contributed by atoms with Crippen LogP contribution in [0.3, 0.4) is 0 Å². The van der Waals surface area contributed by atoms with E-state index in [2.05, 4.69) is 29.8 Å².